The third-order valence-electron chi connectivity index (χ3n) is 16.7. The second-order valence-corrected chi connectivity index (χ2v) is 30.2. The minimum Gasteiger partial charge on any atom is -0.462 e. The fourth-order valence-corrected chi connectivity index (χ4v) is 12.2. The summed E-state index contributed by atoms with van der Waals surface area (Å²) in [5, 5.41) is 10.6. The summed E-state index contributed by atoms with van der Waals surface area (Å²) in [7, 11) is -9.90. The molecule has 0 saturated carbocycles. The summed E-state index contributed by atoms with van der Waals surface area (Å²) in [4.78, 5) is 72.5. The van der Waals surface area contributed by atoms with Crippen molar-refractivity contribution in [3.05, 3.63) is 0 Å². The lowest BCUT2D eigenvalue weighted by Gasteiger charge is -2.21. The van der Waals surface area contributed by atoms with Gasteiger partial charge in [0.2, 0.25) is 0 Å². The molecule has 6 atom stereocenters. The average molecular weight is 1330 g/mol. The summed E-state index contributed by atoms with van der Waals surface area (Å²) in [5.74, 6) is 0.851. The van der Waals surface area contributed by atoms with Crippen LogP contribution in [-0.2, 0) is 65.4 Å². The fraction of sp³-hybridized carbons (Fsp3) is 0.944. The predicted octanol–water partition coefficient (Wildman–Crippen LogP) is 20.1. The SMILES string of the molecule is CCC(C)CCCCCCCCCCCCCCCCC(=O)O[C@H](COC(=O)CCCCCCCCC(C)C)COP(=O)(O)OCC(O)COP(=O)(O)OC[C@@H](COC(=O)CCCCCCCCCC(C)C)OC(=O)CCCCCCCCCCCCC(C)C. The van der Waals surface area contributed by atoms with Crippen molar-refractivity contribution in [1.29, 1.82) is 0 Å². The van der Waals surface area contributed by atoms with Crippen LogP contribution < -0.4 is 0 Å². The van der Waals surface area contributed by atoms with Crippen LogP contribution in [-0.4, -0.2) is 96.7 Å². The van der Waals surface area contributed by atoms with Gasteiger partial charge in [0, 0.05) is 25.7 Å². The molecule has 0 bridgehead atoms. The molecule has 90 heavy (non-hydrogen) atoms. The lowest BCUT2D eigenvalue weighted by Crippen LogP contribution is -2.30. The first kappa shape index (κ1) is 88.1. The normalized spacial score (nSPS) is 14.6. The molecule has 534 valence electrons. The highest BCUT2D eigenvalue weighted by atomic mass is 31.2. The number of phosphoric ester groups is 2. The first-order valence-corrected chi connectivity index (χ1v) is 39.7. The molecule has 0 saturated heterocycles. The minimum atomic E-state index is -4.95. The molecule has 0 radical (unpaired) electrons. The zero-order chi connectivity index (χ0) is 66.8. The molecule has 3 N–H and O–H groups in total. The Kier molecular flexibility index (Phi) is 59.4. The fourth-order valence-electron chi connectivity index (χ4n) is 10.6. The number of unbranched alkanes of at least 4 members (excludes halogenated alkanes) is 33. The molecule has 0 aliphatic rings. The molecule has 0 rings (SSSR count). The number of hydrogen-bond donors (Lipinski definition) is 3. The van der Waals surface area contributed by atoms with Crippen molar-refractivity contribution in [2.75, 3.05) is 39.6 Å². The van der Waals surface area contributed by atoms with Crippen LogP contribution in [0.15, 0.2) is 0 Å². The van der Waals surface area contributed by atoms with Crippen molar-refractivity contribution in [3.8, 4) is 0 Å². The van der Waals surface area contributed by atoms with Gasteiger partial charge in [0.05, 0.1) is 26.4 Å². The number of aliphatic hydroxyl groups is 1. The maximum absolute atomic E-state index is 13.0. The van der Waals surface area contributed by atoms with Gasteiger partial charge in [-0.25, -0.2) is 9.13 Å². The number of hydrogen-bond acceptors (Lipinski definition) is 15. The highest BCUT2D eigenvalue weighted by molar-refractivity contribution is 7.47. The van der Waals surface area contributed by atoms with E-state index >= 15 is 0 Å². The number of rotatable bonds is 68. The van der Waals surface area contributed by atoms with Crippen LogP contribution in [0, 0.1) is 23.7 Å². The van der Waals surface area contributed by atoms with Crippen LogP contribution in [0.2, 0.25) is 0 Å². The van der Waals surface area contributed by atoms with E-state index in [-0.39, 0.29) is 25.7 Å². The molecule has 0 amide bonds. The van der Waals surface area contributed by atoms with Gasteiger partial charge in [-0.2, -0.15) is 0 Å². The van der Waals surface area contributed by atoms with Crippen molar-refractivity contribution in [2.24, 2.45) is 23.7 Å². The molecule has 0 heterocycles. The Morgan fingerprint density at radius 1 is 0.311 bits per heavy atom. The monoisotopic (exact) mass is 1320 g/mol. The lowest BCUT2D eigenvalue weighted by molar-refractivity contribution is -0.161. The van der Waals surface area contributed by atoms with E-state index in [1.165, 1.54) is 141 Å². The van der Waals surface area contributed by atoms with Crippen molar-refractivity contribution in [1.82, 2.24) is 0 Å². The van der Waals surface area contributed by atoms with E-state index in [1.54, 1.807) is 0 Å². The second kappa shape index (κ2) is 60.7. The first-order chi connectivity index (χ1) is 43.1. The Bertz CT molecular complexity index is 1780. The second-order valence-electron chi connectivity index (χ2n) is 27.3. The molecular weight excluding hydrogens is 1190 g/mol. The molecule has 0 aliphatic heterocycles. The van der Waals surface area contributed by atoms with Crippen LogP contribution in [0.5, 0.6) is 0 Å². The topological polar surface area (TPSA) is 237 Å². The summed E-state index contributed by atoms with van der Waals surface area (Å²) >= 11 is 0. The summed E-state index contributed by atoms with van der Waals surface area (Å²) < 4.78 is 68.3. The third-order valence-corrected chi connectivity index (χ3v) is 18.6. The maximum atomic E-state index is 13.0. The first-order valence-electron chi connectivity index (χ1n) is 36.7. The predicted molar refractivity (Wildman–Crippen MR) is 363 cm³/mol. The van der Waals surface area contributed by atoms with Crippen LogP contribution in [0.4, 0.5) is 0 Å². The maximum Gasteiger partial charge on any atom is 0.472 e. The third kappa shape index (κ3) is 63.5. The van der Waals surface area contributed by atoms with E-state index in [2.05, 4.69) is 55.4 Å². The Hall–Kier alpha value is -1.94. The van der Waals surface area contributed by atoms with Crippen molar-refractivity contribution in [2.45, 2.75) is 369 Å². The largest absolute Gasteiger partial charge is 0.472 e. The van der Waals surface area contributed by atoms with E-state index < -0.39 is 97.5 Å². The molecule has 17 nitrogen and oxygen atoms in total. The molecule has 0 aromatic heterocycles. The molecule has 0 aromatic rings. The highest BCUT2D eigenvalue weighted by Crippen LogP contribution is 2.45. The Morgan fingerprint density at radius 2 is 0.533 bits per heavy atom. The Morgan fingerprint density at radius 3 is 0.789 bits per heavy atom. The van der Waals surface area contributed by atoms with E-state index in [0.29, 0.717) is 37.5 Å². The van der Waals surface area contributed by atoms with Gasteiger partial charge in [-0.1, -0.05) is 299 Å². The van der Waals surface area contributed by atoms with Gasteiger partial charge in [-0.15, -0.1) is 0 Å². The van der Waals surface area contributed by atoms with Gasteiger partial charge in [0.1, 0.15) is 19.3 Å². The summed E-state index contributed by atoms with van der Waals surface area (Å²) in [6.45, 7) is 14.1. The molecule has 0 spiro atoms. The number of carbonyl (C=O) groups is 4. The van der Waals surface area contributed by atoms with E-state index in [9.17, 15) is 43.2 Å². The van der Waals surface area contributed by atoms with Crippen molar-refractivity contribution in [3.63, 3.8) is 0 Å². The summed E-state index contributed by atoms with van der Waals surface area (Å²) in [6, 6.07) is 0. The van der Waals surface area contributed by atoms with Crippen molar-refractivity contribution >= 4 is 39.5 Å². The Balaban J connectivity index is 5.21. The number of aliphatic hydroxyl groups excluding tert-OH is 1. The number of phosphoric acid groups is 2. The number of ether oxygens (including phenoxy) is 4. The average Bonchev–Trinajstić information content (AvgIpc) is 3.22. The van der Waals surface area contributed by atoms with Gasteiger partial charge in [-0.05, 0) is 49.4 Å². The lowest BCUT2D eigenvalue weighted by atomic mass is 9.99. The number of esters is 4. The quantitative estimate of drug-likeness (QED) is 0.0222. The van der Waals surface area contributed by atoms with E-state index in [4.69, 9.17) is 37.0 Å². The van der Waals surface area contributed by atoms with Crippen LogP contribution in [0.1, 0.15) is 351 Å². The molecule has 19 heteroatoms. The molecule has 0 aliphatic carbocycles. The van der Waals surface area contributed by atoms with E-state index in [1.807, 2.05) is 0 Å². The molecule has 0 fully saturated rings. The van der Waals surface area contributed by atoms with E-state index in [0.717, 1.165) is 115 Å². The zero-order valence-electron chi connectivity index (χ0n) is 58.8. The van der Waals surface area contributed by atoms with Gasteiger partial charge < -0.3 is 33.8 Å². The van der Waals surface area contributed by atoms with Crippen LogP contribution in [0.3, 0.4) is 0 Å². The van der Waals surface area contributed by atoms with Gasteiger partial charge in [0.15, 0.2) is 12.2 Å². The zero-order valence-corrected chi connectivity index (χ0v) is 60.6. The Labute approximate surface area is 549 Å². The standard InChI is InChI=1S/C71H138O17P2/c1-9-64(8)50-42-34-25-19-14-12-10-11-13-15-20-26-37-45-53-70(75)88-67(58-82-69(74)52-44-36-30-29-33-41-49-63(6)7)60-86-90(79,80)84-56-65(72)55-83-89(77,78)85-59-66(57-81-68(73)51-43-35-28-22-24-32-40-48-62(4)5)87-71(76)54-46-38-27-21-17-16-18-23-31-39-47-61(2)3/h61-67,72H,9-60H2,1-8H3,(H,77,78)(H,79,80)/t64?,65?,66-,67-/m1/s1. The smallest absolute Gasteiger partial charge is 0.462 e. The van der Waals surface area contributed by atoms with Crippen LogP contribution >= 0.6 is 15.6 Å². The summed E-state index contributed by atoms with van der Waals surface area (Å²) in [6.07, 6.45) is 43.3. The highest BCUT2D eigenvalue weighted by Gasteiger charge is 2.30. The van der Waals surface area contributed by atoms with Crippen molar-refractivity contribution < 1.29 is 80.2 Å². The summed E-state index contributed by atoms with van der Waals surface area (Å²) in [5.41, 5.74) is 0. The molecule has 4 unspecified atom stereocenters. The van der Waals surface area contributed by atoms with Gasteiger partial charge in [0.25, 0.3) is 0 Å². The molecular formula is C71H138O17P2. The minimum absolute atomic E-state index is 0.104. The molecule has 0 aromatic carbocycles. The van der Waals surface area contributed by atoms with Crippen LogP contribution in [0.25, 0.3) is 0 Å². The number of carbonyl (C=O) groups excluding carboxylic acids is 4. The van der Waals surface area contributed by atoms with Gasteiger partial charge >= 0.3 is 39.5 Å². The van der Waals surface area contributed by atoms with Gasteiger partial charge in [-0.3, -0.25) is 37.3 Å².